The van der Waals surface area contributed by atoms with Crippen LogP contribution < -0.4 is 0 Å². The summed E-state index contributed by atoms with van der Waals surface area (Å²) in [6.07, 6.45) is 4.59. The highest BCUT2D eigenvalue weighted by molar-refractivity contribution is 7.87. The van der Waals surface area contributed by atoms with Crippen LogP contribution in [0.5, 0.6) is 0 Å². The molecule has 1 atom stereocenters. The highest BCUT2D eigenvalue weighted by atomic mass is 32.2. The second-order valence-electron chi connectivity index (χ2n) is 10.5. The van der Waals surface area contributed by atoms with Crippen LogP contribution in [0.15, 0.2) is 34.8 Å². The number of rotatable bonds is 4. The van der Waals surface area contributed by atoms with Crippen molar-refractivity contribution in [2.45, 2.75) is 84.4 Å². The third-order valence-corrected chi connectivity index (χ3v) is 11.6. The van der Waals surface area contributed by atoms with Crippen molar-refractivity contribution in [3.8, 4) is 0 Å². The molecule has 0 N–H and O–H groups in total. The van der Waals surface area contributed by atoms with E-state index in [1.807, 2.05) is 20.8 Å². The van der Waals surface area contributed by atoms with Gasteiger partial charge in [-0.1, -0.05) is 40.7 Å². The highest BCUT2D eigenvalue weighted by Crippen LogP contribution is 2.48. The van der Waals surface area contributed by atoms with Crippen LogP contribution in [0.25, 0.3) is 0 Å². The van der Waals surface area contributed by atoms with Gasteiger partial charge in [0.25, 0.3) is 0 Å². The maximum absolute atomic E-state index is 12.8. The molecule has 0 aromatic heterocycles. The van der Waals surface area contributed by atoms with Gasteiger partial charge in [-0.25, -0.2) is 0 Å². The van der Waals surface area contributed by atoms with Gasteiger partial charge in [-0.2, -0.15) is 21.6 Å². The first-order valence-electron chi connectivity index (χ1n) is 10.1. The summed E-state index contributed by atoms with van der Waals surface area (Å²) in [6.45, 7) is 16.6. The fourth-order valence-electron chi connectivity index (χ4n) is 3.38. The molecule has 2 aliphatic rings. The molecule has 0 heterocycles. The third kappa shape index (κ3) is 5.33. The molecule has 0 spiro atoms. The van der Waals surface area contributed by atoms with Crippen LogP contribution in [-0.2, 0) is 18.7 Å². The number of hydrogen-bond donors (Lipinski definition) is 0. The first-order valence-corrected chi connectivity index (χ1v) is 14.4. The molecule has 30 heavy (non-hydrogen) atoms. The lowest BCUT2D eigenvalue weighted by Gasteiger charge is -2.37. The molecule has 0 radical (unpaired) electrons. The van der Waals surface area contributed by atoms with Gasteiger partial charge in [0, 0.05) is 12.8 Å². The van der Waals surface area contributed by atoms with E-state index in [-0.39, 0.29) is 28.6 Å². The van der Waals surface area contributed by atoms with Gasteiger partial charge in [-0.05, 0) is 60.0 Å². The van der Waals surface area contributed by atoms with E-state index in [9.17, 15) is 21.6 Å². The van der Waals surface area contributed by atoms with E-state index < -0.39 is 23.9 Å². The number of alkyl halides is 3. The van der Waals surface area contributed by atoms with Crippen molar-refractivity contribution in [3.05, 3.63) is 34.8 Å². The van der Waals surface area contributed by atoms with E-state index in [1.165, 1.54) is 6.08 Å². The van der Waals surface area contributed by atoms with Gasteiger partial charge in [0.05, 0.1) is 5.76 Å². The number of allylic oxidation sites excluding steroid dienone is 6. The van der Waals surface area contributed by atoms with Gasteiger partial charge < -0.3 is 8.61 Å². The van der Waals surface area contributed by atoms with E-state index >= 15 is 0 Å². The Labute approximate surface area is 179 Å². The van der Waals surface area contributed by atoms with E-state index in [0.717, 1.165) is 16.9 Å². The molecule has 9 heteroatoms. The summed E-state index contributed by atoms with van der Waals surface area (Å²) in [7, 11) is -7.79. The van der Waals surface area contributed by atoms with Crippen molar-refractivity contribution in [1.29, 1.82) is 0 Å². The van der Waals surface area contributed by atoms with Crippen molar-refractivity contribution < 1.29 is 30.2 Å². The second kappa shape index (κ2) is 7.72. The van der Waals surface area contributed by atoms with Crippen LogP contribution in [-0.4, -0.2) is 22.2 Å². The Morgan fingerprint density at radius 1 is 1.13 bits per heavy atom. The number of halogens is 3. The lowest BCUT2D eigenvalue weighted by atomic mass is 9.80. The van der Waals surface area contributed by atoms with Crippen molar-refractivity contribution in [3.63, 3.8) is 0 Å². The summed E-state index contributed by atoms with van der Waals surface area (Å²) in [4.78, 5) is 0. The zero-order valence-corrected chi connectivity index (χ0v) is 20.8. The average molecular weight is 467 g/mol. The largest absolute Gasteiger partial charge is 0.546 e. The van der Waals surface area contributed by atoms with Gasteiger partial charge in [-0.3, -0.25) is 0 Å². The van der Waals surface area contributed by atoms with Crippen LogP contribution in [0, 0.1) is 11.3 Å². The van der Waals surface area contributed by atoms with Gasteiger partial charge in [0.15, 0.2) is 0 Å². The first-order chi connectivity index (χ1) is 13.3. The predicted octanol–water partition coefficient (Wildman–Crippen LogP) is 6.80. The summed E-state index contributed by atoms with van der Waals surface area (Å²) >= 11 is 0. The molecule has 0 aromatic rings. The molecule has 0 amide bonds. The molecule has 172 valence electrons. The maximum Gasteiger partial charge on any atom is 0.534 e. The van der Waals surface area contributed by atoms with Crippen LogP contribution in [0.2, 0.25) is 18.1 Å². The first kappa shape index (κ1) is 25.0. The van der Waals surface area contributed by atoms with E-state index in [0.29, 0.717) is 12.8 Å². The molecular weight excluding hydrogens is 433 g/mol. The zero-order chi connectivity index (χ0) is 23.3. The maximum atomic E-state index is 12.8. The second-order valence-corrected chi connectivity index (χ2v) is 16.7. The molecule has 0 saturated carbocycles. The Kier molecular flexibility index (Phi) is 6.45. The number of fused-ring (bicyclic) bond motifs is 1. The zero-order valence-electron chi connectivity index (χ0n) is 19.0. The Bertz CT molecular complexity index is 888. The monoisotopic (exact) mass is 466 g/mol. The molecule has 2 aliphatic carbocycles. The van der Waals surface area contributed by atoms with Gasteiger partial charge in [0.1, 0.15) is 5.76 Å². The molecule has 0 bridgehead atoms. The van der Waals surface area contributed by atoms with Crippen LogP contribution in [0.3, 0.4) is 0 Å². The molecule has 0 aromatic carbocycles. The van der Waals surface area contributed by atoms with Crippen molar-refractivity contribution in [2.75, 3.05) is 0 Å². The lowest BCUT2D eigenvalue weighted by Crippen LogP contribution is -2.40. The van der Waals surface area contributed by atoms with Gasteiger partial charge >= 0.3 is 15.6 Å². The fraction of sp³-hybridized carbons (Fsp3) is 0.714. The Morgan fingerprint density at radius 3 is 2.20 bits per heavy atom. The Hall–Kier alpha value is -1.22. The van der Waals surface area contributed by atoms with Crippen molar-refractivity contribution in [1.82, 2.24) is 0 Å². The summed E-state index contributed by atoms with van der Waals surface area (Å²) in [6, 6.07) is 0. The SMILES string of the molecule is CC1=C(O[Si](C)(C)C(C)(C)C)CC2C/C(OS(=O)(=O)C(F)(F)F)=C\CC(C)(C)/C=C/12. The normalized spacial score (nSPS) is 26.7. The van der Waals surface area contributed by atoms with E-state index in [1.54, 1.807) is 0 Å². The van der Waals surface area contributed by atoms with Crippen molar-refractivity contribution in [2.24, 2.45) is 11.3 Å². The van der Waals surface area contributed by atoms with E-state index in [2.05, 4.69) is 44.1 Å². The minimum atomic E-state index is -5.69. The topological polar surface area (TPSA) is 52.6 Å². The van der Waals surface area contributed by atoms with Crippen LogP contribution in [0.4, 0.5) is 13.2 Å². The van der Waals surface area contributed by atoms with Gasteiger partial charge in [-0.15, -0.1) is 0 Å². The quantitative estimate of drug-likeness (QED) is 0.260. The fourth-order valence-corrected chi connectivity index (χ4v) is 5.05. The van der Waals surface area contributed by atoms with E-state index in [4.69, 9.17) is 4.43 Å². The summed E-state index contributed by atoms with van der Waals surface area (Å²) in [5.41, 5.74) is -3.81. The van der Waals surface area contributed by atoms with Crippen molar-refractivity contribution >= 4 is 18.4 Å². The molecule has 4 nitrogen and oxygen atoms in total. The predicted molar refractivity (Wildman–Crippen MR) is 114 cm³/mol. The van der Waals surface area contributed by atoms with Crippen LogP contribution in [0.1, 0.15) is 60.8 Å². The Balaban J connectivity index is 2.38. The summed E-state index contributed by atoms with van der Waals surface area (Å²) < 4.78 is 72.7. The molecule has 0 fully saturated rings. The molecule has 0 aliphatic heterocycles. The number of hydrogen-bond acceptors (Lipinski definition) is 4. The standard InChI is InChI=1S/C21H33F3O4SSi/c1-14-17-13-20(5,6)10-9-16(27-29(25,26)21(22,23)24)11-15(17)12-18(14)28-30(7,8)19(2,3)4/h9,13,15H,10-12H2,1-8H3/b16-9+,17-13-. The average Bonchev–Trinajstić information content (AvgIpc) is 2.76. The lowest BCUT2D eigenvalue weighted by molar-refractivity contribution is -0.0524. The smallest absolute Gasteiger partial charge is 0.534 e. The van der Waals surface area contributed by atoms with Gasteiger partial charge in [0.2, 0.25) is 8.32 Å². The highest BCUT2D eigenvalue weighted by Gasteiger charge is 2.49. The minimum Gasteiger partial charge on any atom is -0.546 e. The summed E-state index contributed by atoms with van der Waals surface area (Å²) in [5, 5.41) is 0.00440. The third-order valence-electron chi connectivity index (χ3n) is 6.26. The Morgan fingerprint density at radius 2 is 1.70 bits per heavy atom. The molecule has 1 unspecified atom stereocenters. The molecule has 2 rings (SSSR count). The minimum absolute atomic E-state index is 0.00440. The molecular formula is C21H33F3O4SSi. The van der Waals surface area contributed by atoms with Crippen LogP contribution >= 0.6 is 0 Å². The summed E-state index contributed by atoms with van der Waals surface area (Å²) in [5.74, 6) is 0.518. The molecule has 0 saturated heterocycles.